The van der Waals surface area contributed by atoms with Crippen molar-refractivity contribution in [2.75, 3.05) is 0 Å². The van der Waals surface area contributed by atoms with Gasteiger partial charge in [0.25, 0.3) is 0 Å². The third-order valence-corrected chi connectivity index (χ3v) is 3.96. The van der Waals surface area contributed by atoms with Crippen molar-refractivity contribution in [2.45, 2.75) is 25.6 Å². The van der Waals surface area contributed by atoms with E-state index in [1.54, 1.807) is 0 Å². The molecule has 2 aromatic carbocycles. The molecule has 0 N–H and O–H groups in total. The number of rotatable bonds is 2. The van der Waals surface area contributed by atoms with E-state index in [-0.39, 0.29) is 11.9 Å². The van der Waals surface area contributed by atoms with Gasteiger partial charge in [-0.15, -0.1) is 0 Å². The van der Waals surface area contributed by atoms with E-state index < -0.39 is 11.7 Å². The van der Waals surface area contributed by atoms with Gasteiger partial charge in [-0.2, -0.15) is 18.3 Å². The molecule has 0 aromatic heterocycles. The van der Waals surface area contributed by atoms with Gasteiger partial charge in [0, 0.05) is 13.3 Å². The van der Waals surface area contributed by atoms with Crippen LogP contribution in [0.2, 0.25) is 0 Å². The van der Waals surface area contributed by atoms with Crippen LogP contribution in [0.3, 0.4) is 0 Å². The second-order valence-corrected chi connectivity index (χ2v) is 5.62. The summed E-state index contributed by atoms with van der Waals surface area (Å²) >= 11 is 0. The molecule has 2 aromatic rings. The molecule has 0 aliphatic carbocycles. The molecule has 0 spiro atoms. The minimum absolute atomic E-state index is 0.203. The zero-order valence-corrected chi connectivity index (χ0v) is 12.9. The summed E-state index contributed by atoms with van der Waals surface area (Å²) < 4.78 is 38.0. The summed E-state index contributed by atoms with van der Waals surface area (Å²) in [5.41, 5.74) is 1.44. The lowest BCUT2D eigenvalue weighted by Gasteiger charge is -2.20. The SMILES string of the molecule is CC(=O)N1N=C(c2ccc(C(F)(F)F)cc2)CC1c1ccccc1. The standard InChI is InChI=1S/C18H15F3N2O/c1-12(24)23-17(14-5-3-2-4-6-14)11-16(22-23)13-7-9-15(10-8-13)18(19,20)21/h2-10,17H,11H2,1H3. The second-order valence-electron chi connectivity index (χ2n) is 5.62. The Kier molecular flexibility index (Phi) is 4.13. The molecule has 0 fully saturated rings. The Labute approximate surface area is 137 Å². The van der Waals surface area contributed by atoms with Crippen molar-refractivity contribution < 1.29 is 18.0 Å². The quantitative estimate of drug-likeness (QED) is 0.802. The molecule has 0 saturated carbocycles. The predicted molar refractivity (Wildman–Crippen MR) is 84.3 cm³/mol. The van der Waals surface area contributed by atoms with Crippen molar-refractivity contribution in [2.24, 2.45) is 5.10 Å². The average Bonchev–Trinajstić information content (AvgIpc) is 3.00. The maximum Gasteiger partial charge on any atom is 0.416 e. The number of carbonyl (C=O) groups excluding carboxylic acids is 1. The molecule has 1 heterocycles. The molecule has 3 rings (SSSR count). The van der Waals surface area contributed by atoms with Crippen LogP contribution >= 0.6 is 0 Å². The lowest BCUT2D eigenvalue weighted by atomic mass is 9.98. The average molecular weight is 332 g/mol. The van der Waals surface area contributed by atoms with Crippen molar-refractivity contribution in [1.82, 2.24) is 5.01 Å². The second kappa shape index (κ2) is 6.11. The maximum atomic E-state index is 12.7. The Morgan fingerprint density at radius 2 is 1.71 bits per heavy atom. The summed E-state index contributed by atoms with van der Waals surface area (Å²) in [4.78, 5) is 11.9. The van der Waals surface area contributed by atoms with E-state index >= 15 is 0 Å². The Hall–Kier alpha value is -2.63. The van der Waals surface area contributed by atoms with E-state index in [0.29, 0.717) is 17.7 Å². The topological polar surface area (TPSA) is 32.7 Å². The monoisotopic (exact) mass is 332 g/mol. The highest BCUT2D eigenvalue weighted by Gasteiger charge is 2.33. The van der Waals surface area contributed by atoms with Gasteiger partial charge in [-0.1, -0.05) is 42.5 Å². The molecule has 3 nitrogen and oxygen atoms in total. The van der Waals surface area contributed by atoms with Crippen molar-refractivity contribution >= 4 is 11.6 Å². The molecule has 24 heavy (non-hydrogen) atoms. The summed E-state index contributed by atoms with van der Waals surface area (Å²) in [6.45, 7) is 1.43. The smallest absolute Gasteiger partial charge is 0.273 e. The van der Waals surface area contributed by atoms with Gasteiger partial charge in [-0.05, 0) is 23.3 Å². The fourth-order valence-corrected chi connectivity index (χ4v) is 2.76. The molecule has 0 bridgehead atoms. The molecule has 1 aliphatic heterocycles. The number of benzene rings is 2. The number of carbonyl (C=O) groups is 1. The maximum absolute atomic E-state index is 12.7. The minimum atomic E-state index is -4.37. The van der Waals surface area contributed by atoms with Gasteiger partial charge in [0.1, 0.15) is 0 Å². The van der Waals surface area contributed by atoms with E-state index in [1.807, 2.05) is 30.3 Å². The zero-order valence-electron chi connectivity index (χ0n) is 12.9. The Morgan fingerprint density at radius 3 is 2.25 bits per heavy atom. The van der Waals surface area contributed by atoms with E-state index in [0.717, 1.165) is 17.7 Å². The first kappa shape index (κ1) is 16.2. The summed E-state index contributed by atoms with van der Waals surface area (Å²) in [5, 5.41) is 5.72. The van der Waals surface area contributed by atoms with Crippen LogP contribution in [0.1, 0.15) is 36.1 Å². The number of nitrogens with zero attached hydrogens (tertiary/aromatic N) is 2. The first-order valence-electron chi connectivity index (χ1n) is 7.46. The molecular formula is C18H15F3N2O. The van der Waals surface area contributed by atoms with Crippen molar-refractivity contribution in [3.63, 3.8) is 0 Å². The van der Waals surface area contributed by atoms with Gasteiger partial charge in [0.2, 0.25) is 5.91 Å². The number of hydrogen-bond donors (Lipinski definition) is 0. The Balaban J connectivity index is 1.89. The lowest BCUT2D eigenvalue weighted by Crippen LogP contribution is -2.24. The molecule has 1 amide bonds. The molecule has 0 radical (unpaired) electrons. The third kappa shape index (κ3) is 3.18. The van der Waals surface area contributed by atoms with Crippen LogP contribution in [0.5, 0.6) is 0 Å². The van der Waals surface area contributed by atoms with Gasteiger partial charge in [0.05, 0.1) is 17.3 Å². The highest BCUT2D eigenvalue weighted by Crippen LogP contribution is 2.34. The van der Waals surface area contributed by atoms with Crippen LogP contribution in [0, 0.1) is 0 Å². The summed E-state index contributed by atoms with van der Waals surface area (Å²) in [6.07, 6.45) is -3.90. The van der Waals surface area contributed by atoms with E-state index in [9.17, 15) is 18.0 Å². The van der Waals surface area contributed by atoms with E-state index in [1.165, 1.54) is 24.1 Å². The first-order valence-corrected chi connectivity index (χ1v) is 7.46. The molecule has 1 atom stereocenters. The number of hydrogen-bond acceptors (Lipinski definition) is 2. The number of halogens is 3. The lowest BCUT2D eigenvalue weighted by molar-refractivity contribution is -0.137. The van der Waals surface area contributed by atoms with Gasteiger partial charge >= 0.3 is 6.18 Å². The zero-order chi connectivity index (χ0) is 17.3. The summed E-state index contributed by atoms with van der Waals surface area (Å²) in [5.74, 6) is -0.203. The summed E-state index contributed by atoms with van der Waals surface area (Å²) in [7, 11) is 0. The fraction of sp³-hybridized carbons (Fsp3) is 0.222. The van der Waals surface area contributed by atoms with Gasteiger partial charge in [0.15, 0.2) is 0 Å². The third-order valence-electron chi connectivity index (χ3n) is 3.96. The van der Waals surface area contributed by atoms with E-state index in [4.69, 9.17) is 0 Å². The molecule has 0 saturated heterocycles. The van der Waals surface area contributed by atoms with Crippen LogP contribution < -0.4 is 0 Å². The molecule has 124 valence electrons. The Bertz CT molecular complexity index is 767. The summed E-state index contributed by atoms with van der Waals surface area (Å²) in [6, 6.07) is 14.1. The van der Waals surface area contributed by atoms with Crippen molar-refractivity contribution in [3.05, 3.63) is 71.3 Å². The minimum Gasteiger partial charge on any atom is -0.273 e. The van der Waals surface area contributed by atoms with Crippen LogP contribution in [-0.4, -0.2) is 16.6 Å². The molecule has 1 unspecified atom stereocenters. The molecule has 1 aliphatic rings. The van der Waals surface area contributed by atoms with Crippen LogP contribution in [0.4, 0.5) is 13.2 Å². The highest BCUT2D eigenvalue weighted by molar-refractivity contribution is 6.03. The van der Waals surface area contributed by atoms with E-state index in [2.05, 4.69) is 5.10 Å². The van der Waals surface area contributed by atoms with Gasteiger partial charge < -0.3 is 0 Å². The first-order chi connectivity index (χ1) is 11.4. The van der Waals surface area contributed by atoms with Crippen LogP contribution in [-0.2, 0) is 11.0 Å². The highest BCUT2D eigenvalue weighted by atomic mass is 19.4. The fourth-order valence-electron chi connectivity index (χ4n) is 2.76. The van der Waals surface area contributed by atoms with Crippen LogP contribution in [0.15, 0.2) is 59.7 Å². The number of alkyl halides is 3. The molecular weight excluding hydrogens is 317 g/mol. The molecule has 6 heteroatoms. The Morgan fingerprint density at radius 1 is 1.08 bits per heavy atom. The van der Waals surface area contributed by atoms with Crippen molar-refractivity contribution in [3.8, 4) is 0 Å². The normalized spacial score (nSPS) is 17.8. The van der Waals surface area contributed by atoms with Crippen molar-refractivity contribution in [1.29, 1.82) is 0 Å². The number of hydrazone groups is 1. The van der Waals surface area contributed by atoms with Gasteiger partial charge in [-0.3, -0.25) is 4.79 Å². The number of amides is 1. The largest absolute Gasteiger partial charge is 0.416 e. The predicted octanol–water partition coefficient (Wildman–Crippen LogP) is 4.40. The van der Waals surface area contributed by atoms with Crippen LogP contribution in [0.25, 0.3) is 0 Å². The van der Waals surface area contributed by atoms with Gasteiger partial charge in [-0.25, -0.2) is 5.01 Å².